The molecule has 0 radical (unpaired) electrons. The summed E-state index contributed by atoms with van der Waals surface area (Å²) in [6.07, 6.45) is 2.20. The molecule has 5 nitrogen and oxygen atoms in total. The van der Waals surface area contributed by atoms with E-state index in [-0.39, 0.29) is 11.3 Å². The Kier molecular flexibility index (Phi) is 3.88. The van der Waals surface area contributed by atoms with Gasteiger partial charge in [0, 0.05) is 6.07 Å². The summed E-state index contributed by atoms with van der Waals surface area (Å²) in [5.74, 6) is -1.27. The van der Waals surface area contributed by atoms with Crippen LogP contribution in [0.2, 0.25) is 0 Å². The number of carbonyl (C=O) groups excluding carboxylic acids is 2. The summed E-state index contributed by atoms with van der Waals surface area (Å²) < 4.78 is 14.3. The number of rotatable bonds is 4. The molecule has 0 fully saturated rings. The van der Waals surface area contributed by atoms with Crippen LogP contribution in [0.1, 0.15) is 27.8 Å². The molecule has 16 heavy (non-hydrogen) atoms. The first-order valence-corrected chi connectivity index (χ1v) is 4.59. The van der Waals surface area contributed by atoms with Gasteiger partial charge in [-0.15, -0.1) is 0 Å². The second kappa shape index (κ2) is 5.16. The molecule has 1 rings (SSSR count). The predicted octanol–water partition coefficient (Wildman–Crippen LogP) is 1.80. The molecule has 0 saturated heterocycles. The van der Waals surface area contributed by atoms with E-state index in [1.165, 1.54) is 19.3 Å². The van der Waals surface area contributed by atoms with Crippen molar-refractivity contribution in [1.29, 1.82) is 0 Å². The van der Waals surface area contributed by atoms with Crippen molar-refractivity contribution in [3.63, 3.8) is 0 Å². The van der Waals surface area contributed by atoms with Gasteiger partial charge in [-0.25, -0.2) is 9.59 Å². The Balaban J connectivity index is 2.74. The fraction of sp³-hybridized carbons (Fsp3) is 0.273. The molecular formula is C11H12O5. The molecule has 5 heteroatoms. The van der Waals surface area contributed by atoms with Crippen LogP contribution in [-0.2, 0) is 9.47 Å². The van der Waals surface area contributed by atoms with E-state index in [9.17, 15) is 9.59 Å². The van der Waals surface area contributed by atoms with Crippen molar-refractivity contribution < 1.29 is 23.5 Å². The highest BCUT2D eigenvalue weighted by molar-refractivity contribution is 5.93. The summed E-state index contributed by atoms with van der Waals surface area (Å²) in [4.78, 5) is 22.5. The molecule has 0 saturated carbocycles. The van der Waals surface area contributed by atoms with E-state index in [4.69, 9.17) is 9.15 Å². The lowest BCUT2D eigenvalue weighted by Gasteiger charge is -2.05. The molecule has 0 aliphatic carbocycles. The Labute approximate surface area is 92.6 Å². The lowest BCUT2D eigenvalue weighted by molar-refractivity contribution is 0.0388. The van der Waals surface area contributed by atoms with E-state index in [2.05, 4.69) is 11.3 Å². The smallest absolute Gasteiger partial charge is 0.374 e. The van der Waals surface area contributed by atoms with Crippen LogP contribution in [0.3, 0.4) is 0 Å². The van der Waals surface area contributed by atoms with Crippen LogP contribution in [-0.4, -0.2) is 25.2 Å². The first kappa shape index (κ1) is 12.0. The third kappa shape index (κ3) is 2.73. The Morgan fingerprint density at radius 3 is 2.75 bits per heavy atom. The van der Waals surface area contributed by atoms with Crippen molar-refractivity contribution in [2.75, 3.05) is 7.11 Å². The van der Waals surface area contributed by atoms with Gasteiger partial charge in [0.1, 0.15) is 12.4 Å². The van der Waals surface area contributed by atoms with E-state index >= 15 is 0 Å². The van der Waals surface area contributed by atoms with Gasteiger partial charge in [-0.3, -0.25) is 0 Å². The molecule has 0 amide bonds. The molecule has 0 aliphatic rings. The monoisotopic (exact) mass is 224 g/mol. The molecule has 1 heterocycles. The Morgan fingerprint density at radius 2 is 2.19 bits per heavy atom. The van der Waals surface area contributed by atoms with Gasteiger partial charge in [-0.2, -0.15) is 0 Å². The fourth-order valence-corrected chi connectivity index (χ4v) is 0.943. The van der Waals surface area contributed by atoms with Gasteiger partial charge in [0.05, 0.1) is 12.7 Å². The molecule has 86 valence electrons. The highest BCUT2D eigenvalue weighted by atomic mass is 16.6. The molecule has 1 unspecified atom stereocenters. The minimum Gasteiger partial charge on any atom is -0.465 e. The lowest BCUT2D eigenvalue weighted by Crippen LogP contribution is -2.11. The maximum atomic E-state index is 11.4. The van der Waals surface area contributed by atoms with E-state index < -0.39 is 18.0 Å². The van der Waals surface area contributed by atoms with Crippen LogP contribution in [0.5, 0.6) is 0 Å². The maximum Gasteiger partial charge on any atom is 0.374 e. The van der Waals surface area contributed by atoms with Crippen molar-refractivity contribution in [2.24, 2.45) is 0 Å². The number of methoxy groups -OCH3 is 1. The van der Waals surface area contributed by atoms with Gasteiger partial charge in [0.2, 0.25) is 5.76 Å². The highest BCUT2D eigenvalue weighted by Gasteiger charge is 2.17. The number of ether oxygens (including phenoxy) is 2. The quantitative estimate of drug-likeness (QED) is 0.576. The molecule has 1 aromatic heterocycles. The van der Waals surface area contributed by atoms with Crippen molar-refractivity contribution >= 4 is 11.9 Å². The van der Waals surface area contributed by atoms with Crippen molar-refractivity contribution in [1.82, 2.24) is 0 Å². The SMILES string of the molecule is C=CC(C)OC(=O)c1cc(C(=O)OC)co1. The van der Waals surface area contributed by atoms with Crippen molar-refractivity contribution in [3.8, 4) is 0 Å². The average molecular weight is 224 g/mol. The van der Waals surface area contributed by atoms with E-state index in [0.29, 0.717) is 0 Å². The number of furan rings is 1. The molecule has 0 aliphatic heterocycles. The van der Waals surface area contributed by atoms with Gasteiger partial charge >= 0.3 is 11.9 Å². The average Bonchev–Trinajstić information content (AvgIpc) is 2.77. The van der Waals surface area contributed by atoms with Gasteiger partial charge in [0.15, 0.2) is 0 Å². The zero-order chi connectivity index (χ0) is 12.1. The van der Waals surface area contributed by atoms with Crippen molar-refractivity contribution in [2.45, 2.75) is 13.0 Å². The van der Waals surface area contributed by atoms with E-state index in [1.807, 2.05) is 0 Å². The molecule has 0 aromatic carbocycles. The summed E-state index contributed by atoms with van der Waals surface area (Å²) in [5.41, 5.74) is 0.167. The number of carbonyl (C=O) groups is 2. The minimum absolute atomic E-state index is 0.0471. The standard InChI is InChI=1S/C11H12O5/c1-4-7(2)16-11(13)9-5-8(6-15-9)10(12)14-3/h4-7H,1H2,2-3H3. The van der Waals surface area contributed by atoms with E-state index in [1.54, 1.807) is 6.92 Å². The summed E-state index contributed by atoms with van der Waals surface area (Å²) in [7, 11) is 1.24. The van der Waals surface area contributed by atoms with Gasteiger partial charge < -0.3 is 13.9 Å². The van der Waals surface area contributed by atoms with Crippen LogP contribution in [0.4, 0.5) is 0 Å². The summed E-state index contributed by atoms with van der Waals surface area (Å²) in [6, 6.07) is 1.27. The molecule has 1 atom stereocenters. The first-order chi connectivity index (χ1) is 7.58. The molecular weight excluding hydrogens is 212 g/mol. The van der Waals surface area contributed by atoms with Gasteiger partial charge in [-0.1, -0.05) is 12.7 Å². The zero-order valence-electron chi connectivity index (χ0n) is 9.06. The third-order valence-electron chi connectivity index (χ3n) is 1.85. The summed E-state index contributed by atoms with van der Waals surface area (Å²) in [6.45, 7) is 5.13. The van der Waals surface area contributed by atoms with Crippen molar-refractivity contribution in [3.05, 3.63) is 36.3 Å². The fourth-order valence-electron chi connectivity index (χ4n) is 0.943. The second-order valence-electron chi connectivity index (χ2n) is 3.04. The summed E-state index contributed by atoms with van der Waals surface area (Å²) in [5, 5.41) is 0. The number of esters is 2. The van der Waals surface area contributed by atoms with Crippen LogP contribution in [0.25, 0.3) is 0 Å². The Hall–Kier alpha value is -2.04. The normalized spacial score (nSPS) is 11.6. The van der Waals surface area contributed by atoms with Crippen LogP contribution in [0.15, 0.2) is 29.4 Å². The Bertz CT molecular complexity index is 404. The first-order valence-electron chi connectivity index (χ1n) is 4.59. The Morgan fingerprint density at radius 1 is 1.50 bits per heavy atom. The molecule has 0 spiro atoms. The minimum atomic E-state index is -0.650. The van der Waals surface area contributed by atoms with Crippen LogP contribution in [0, 0.1) is 0 Å². The molecule has 0 bridgehead atoms. The topological polar surface area (TPSA) is 65.7 Å². The van der Waals surface area contributed by atoms with Gasteiger partial charge in [0.25, 0.3) is 0 Å². The number of hydrogen-bond donors (Lipinski definition) is 0. The zero-order valence-corrected chi connectivity index (χ0v) is 9.06. The highest BCUT2D eigenvalue weighted by Crippen LogP contribution is 2.11. The van der Waals surface area contributed by atoms with Gasteiger partial charge in [-0.05, 0) is 6.92 Å². The van der Waals surface area contributed by atoms with E-state index in [0.717, 1.165) is 6.26 Å². The second-order valence-corrected chi connectivity index (χ2v) is 3.04. The maximum absolute atomic E-state index is 11.4. The molecule has 1 aromatic rings. The predicted molar refractivity (Wildman–Crippen MR) is 55.1 cm³/mol. The molecule has 0 N–H and O–H groups in total. The summed E-state index contributed by atoms with van der Waals surface area (Å²) >= 11 is 0. The largest absolute Gasteiger partial charge is 0.465 e. The number of hydrogen-bond acceptors (Lipinski definition) is 5. The van der Waals surface area contributed by atoms with Crippen LogP contribution < -0.4 is 0 Å². The van der Waals surface area contributed by atoms with Crippen LogP contribution >= 0.6 is 0 Å². The third-order valence-corrected chi connectivity index (χ3v) is 1.85. The lowest BCUT2D eigenvalue weighted by atomic mass is 10.3.